The molecule has 0 aliphatic heterocycles. The maximum absolute atomic E-state index is 12.7. The van der Waals surface area contributed by atoms with Gasteiger partial charge in [0.2, 0.25) is 0 Å². The standard InChI is InChI=1S/C13H15BrN2O3S/c1-8-5-12(19-4)13(7-11(8)14)20(17,18)16-10(3)6-9(2)15-16/h5-7H,1-4H3. The highest BCUT2D eigenvalue weighted by Gasteiger charge is 2.25. The number of aryl methyl sites for hydroxylation is 3. The molecule has 1 heterocycles. The Balaban J connectivity index is 2.72. The van der Waals surface area contributed by atoms with Gasteiger partial charge in [0, 0.05) is 4.47 Å². The zero-order valence-corrected chi connectivity index (χ0v) is 14.0. The maximum Gasteiger partial charge on any atom is 0.286 e. The molecule has 1 aromatic carbocycles. The monoisotopic (exact) mass is 358 g/mol. The summed E-state index contributed by atoms with van der Waals surface area (Å²) in [6.07, 6.45) is 0. The van der Waals surface area contributed by atoms with Gasteiger partial charge in [-0.05, 0) is 44.5 Å². The Morgan fingerprint density at radius 2 is 1.85 bits per heavy atom. The van der Waals surface area contributed by atoms with Crippen LogP contribution in [0, 0.1) is 20.8 Å². The number of methoxy groups -OCH3 is 1. The fraction of sp³-hybridized carbons (Fsp3) is 0.308. The molecule has 2 rings (SSSR count). The van der Waals surface area contributed by atoms with Crippen LogP contribution in [0.1, 0.15) is 17.0 Å². The predicted molar refractivity (Wildman–Crippen MR) is 79.7 cm³/mol. The Morgan fingerprint density at radius 3 is 2.35 bits per heavy atom. The lowest BCUT2D eigenvalue weighted by atomic mass is 10.2. The quantitative estimate of drug-likeness (QED) is 0.846. The lowest BCUT2D eigenvalue weighted by molar-refractivity contribution is 0.401. The Morgan fingerprint density at radius 1 is 1.20 bits per heavy atom. The van der Waals surface area contributed by atoms with Crippen LogP contribution in [0.3, 0.4) is 0 Å². The minimum Gasteiger partial charge on any atom is -0.495 e. The van der Waals surface area contributed by atoms with Crippen molar-refractivity contribution in [3.8, 4) is 5.75 Å². The first-order chi connectivity index (χ1) is 9.27. The van der Waals surface area contributed by atoms with Crippen molar-refractivity contribution >= 4 is 26.0 Å². The number of hydrogen-bond acceptors (Lipinski definition) is 4. The van der Waals surface area contributed by atoms with Crippen LogP contribution in [0.15, 0.2) is 27.6 Å². The van der Waals surface area contributed by atoms with E-state index in [1.165, 1.54) is 7.11 Å². The fourth-order valence-corrected chi connectivity index (χ4v) is 3.96. The van der Waals surface area contributed by atoms with Gasteiger partial charge >= 0.3 is 0 Å². The molecular formula is C13H15BrN2O3S. The van der Waals surface area contributed by atoms with Crippen LogP contribution in [-0.4, -0.2) is 24.7 Å². The summed E-state index contributed by atoms with van der Waals surface area (Å²) < 4.78 is 32.4. The van der Waals surface area contributed by atoms with Crippen LogP contribution < -0.4 is 4.74 Å². The molecule has 0 amide bonds. The molecule has 0 unspecified atom stereocenters. The molecule has 1 aromatic heterocycles. The summed E-state index contributed by atoms with van der Waals surface area (Å²) in [5.74, 6) is 0.304. The second-order valence-electron chi connectivity index (χ2n) is 4.53. The van der Waals surface area contributed by atoms with Gasteiger partial charge < -0.3 is 4.74 Å². The van der Waals surface area contributed by atoms with Gasteiger partial charge in [-0.25, -0.2) is 0 Å². The summed E-state index contributed by atoms with van der Waals surface area (Å²) in [6, 6.07) is 4.94. The minimum absolute atomic E-state index is 0.0867. The van der Waals surface area contributed by atoms with Crippen molar-refractivity contribution < 1.29 is 13.2 Å². The van der Waals surface area contributed by atoms with E-state index in [0.29, 0.717) is 21.6 Å². The van der Waals surface area contributed by atoms with Crippen molar-refractivity contribution in [2.24, 2.45) is 0 Å². The molecular weight excluding hydrogens is 344 g/mol. The normalized spacial score (nSPS) is 11.7. The van der Waals surface area contributed by atoms with E-state index in [0.717, 1.165) is 9.65 Å². The number of rotatable bonds is 3. The third kappa shape index (κ3) is 2.47. The van der Waals surface area contributed by atoms with Gasteiger partial charge in [-0.15, -0.1) is 0 Å². The van der Waals surface area contributed by atoms with Crippen LogP contribution in [-0.2, 0) is 10.0 Å². The highest BCUT2D eigenvalue weighted by Crippen LogP contribution is 2.31. The number of halogens is 1. The summed E-state index contributed by atoms with van der Waals surface area (Å²) >= 11 is 3.35. The van der Waals surface area contributed by atoms with Crippen molar-refractivity contribution in [2.45, 2.75) is 25.7 Å². The van der Waals surface area contributed by atoms with Gasteiger partial charge in [-0.1, -0.05) is 15.9 Å². The van der Waals surface area contributed by atoms with Gasteiger partial charge in [0.05, 0.1) is 18.5 Å². The molecule has 0 aliphatic rings. The predicted octanol–water partition coefficient (Wildman–Crippen LogP) is 2.82. The van der Waals surface area contributed by atoms with Crippen molar-refractivity contribution in [1.29, 1.82) is 0 Å². The first-order valence-corrected chi connectivity index (χ1v) is 8.13. The van der Waals surface area contributed by atoms with Crippen LogP contribution >= 0.6 is 15.9 Å². The lowest BCUT2D eigenvalue weighted by Crippen LogP contribution is -2.17. The Kier molecular flexibility index (Phi) is 3.93. The topological polar surface area (TPSA) is 61.2 Å². The smallest absolute Gasteiger partial charge is 0.286 e. The molecule has 108 valence electrons. The number of benzene rings is 1. The zero-order valence-electron chi connectivity index (χ0n) is 11.6. The minimum atomic E-state index is -3.78. The maximum atomic E-state index is 12.7. The fourth-order valence-electron chi connectivity index (χ4n) is 1.94. The molecule has 0 fully saturated rings. The van der Waals surface area contributed by atoms with Crippen molar-refractivity contribution in [3.05, 3.63) is 39.6 Å². The van der Waals surface area contributed by atoms with E-state index in [-0.39, 0.29) is 4.90 Å². The Bertz CT molecular complexity index is 766. The second-order valence-corrected chi connectivity index (χ2v) is 7.12. The third-order valence-electron chi connectivity index (χ3n) is 2.92. The summed E-state index contributed by atoms with van der Waals surface area (Å²) in [4.78, 5) is 0.0867. The molecule has 0 saturated heterocycles. The van der Waals surface area contributed by atoms with E-state index in [4.69, 9.17) is 4.74 Å². The first kappa shape index (κ1) is 15.1. The molecule has 5 nitrogen and oxygen atoms in total. The van der Waals surface area contributed by atoms with Gasteiger partial charge in [0.1, 0.15) is 10.6 Å². The highest BCUT2D eigenvalue weighted by atomic mass is 79.9. The van der Waals surface area contributed by atoms with E-state index < -0.39 is 10.0 Å². The molecule has 2 aromatic rings. The number of aromatic nitrogens is 2. The average Bonchev–Trinajstić information content (AvgIpc) is 2.71. The summed E-state index contributed by atoms with van der Waals surface area (Å²) in [7, 11) is -2.33. The highest BCUT2D eigenvalue weighted by molar-refractivity contribution is 9.10. The first-order valence-electron chi connectivity index (χ1n) is 5.90. The van der Waals surface area contributed by atoms with Crippen molar-refractivity contribution in [3.63, 3.8) is 0 Å². The SMILES string of the molecule is COc1cc(C)c(Br)cc1S(=O)(=O)n1nc(C)cc1C. The largest absolute Gasteiger partial charge is 0.495 e. The van der Waals surface area contributed by atoms with E-state index in [9.17, 15) is 8.42 Å². The lowest BCUT2D eigenvalue weighted by Gasteiger charge is -2.12. The van der Waals surface area contributed by atoms with Gasteiger partial charge in [0.15, 0.2) is 0 Å². The molecule has 7 heteroatoms. The molecule has 0 spiro atoms. The molecule has 0 atom stereocenters. The number of nitrogens with zero attached hydrogens (tertiary/aromatic N) is 2. The van der Waals surface area contributed by atoms with Crippen LogP contribution in [0.2, 0.25) is 0 Å². The van der Waals surface area contributed by atoms with E-state index in [1.807, 2.05) is 6.92 Å². The Labute approximate surface area is 126 Å². The van der Waals surface area contributed by atoms with Crippen LogP contribution in [0.5, 0.6) is 5.75 Å². The van der Waals surface area contributed by atoms with Crippen molar-refractivity contribution in [1.82, 2.24) is 9.19 Å². The Hall–Kier alpha value is -1.34. The number of ether oxygens (including phenoxy) is 1. The van der Waals surface area contributed by atoms with Crippen molar-refractivity contribution in [2.75, 3.05) is 7.11 Å². The molecule has 0 aliphatic carbocycles. The van der Waals surface area contributed by atoms with Gasteiger partial charge in [-0.2, -0.15) is 17.6 Å². The van der Waals surface area contributed by atoms with E-state index in [2.05, 4.69) is 21.0 Å². The average molecular weight is 359 g/mol. The summed E-state index contributed by atoms with van der Waals surface area (Å²) in [5, 5.41) is 4.04. The summed E-state index contributed by atoms with van der Waals surface area (Å²) in [6.45, 7) is 5.32. The van der Waals surface area contributed by atoms with E-state index in [1.54, 1.807) is 32.0 Å². The van der Waals surface area contributed by atoms with Gasteiger partial charge in [0.25, 0.3) is 10.0 Å². The number of hydrogen-bond donors (Lipinski definition) is 0. The molecule has 0 radical (unpaired) electrons. The zero-order chi connectivity index (χ0) is 15.1. The summed E-state index contributed by atoms with van der Waals surface area (Å²) in [5.41, 5.74) is 2.10. The molecule has 0 N–H and O–H groups in total. The molecule has 0 saturated carbocycles. The molecule has 0 bridgehead atoms. The third-order valence-corrected chi connectivity index (χ3v) is 5.47. The van der Waals surface area contributed by atoms with E-state index >= 15 is 0 Å². The molecule has 20 heavy (non-hydrogen) atoms. The van der Waals surface area contributed by atoms with Crippen LogP contribution in [0.25, 0.3) is 0 Å². The van der Waals surface area contributed by atoms with Gasteiger partial charge in [-0.3, -0.25) is 0 Å². The second kappa shape index (κ2) is 5.21. The van der Waals surface area contributed by atoms with Crippen LogP contribution in [0.4, 0.5) is 0 Å².